The van der Waals surface area contributed by atoms with E-state index in [1.54, 1.807) is 14.2 Å². The third kappa shape index (κ3) is 4.05. The van der Waals surface area contributed by atoms with E-state index in [-0.39, 0.29) is 0 Å². The lowest BCUT2D eigenvalue weighted by atomic mass is 9.72. The maximum absolute atomic E-state index is 10.6. The molecule has 0 aromatic heterocycles. The highest BCUT2D eigenvalue weighted by molar-refractivity contribution is 6.65. The second kappa shape index (κ2) is 6.50. The zero-order chi connectivity index (χ0) is 13.8. The molecule has 1 rings (SSSR count). The number of hydrogen-bond acceptors (Lipinski definition) is 3. The molecule has 1 fully saturated rings. The first-order valence-corrected chi connectivity index (χ1v) is 9.70. The Morgan fingerprint density at radius 3 is 2.44 bits per heavy atom. The van der Waals surface area contributed by atoms with Crippen molar-refractivity contribution in [2.45, 2.75) is 64.1 Å². The van der Waals surface area contributed by atoms with E-state index >= 15 is 0 Å². The average Bonchev–Trinajstić information content (AvgIpc) is 2.36. The standard InChI is InChI=1S/C14H30O3Si/c1-12(2)14(15)9-6-7-13(11-14)8-10-18(5,16-3)17-4/h12-13,15H,6-11H2,1-5H3. The Bertz CT molecular complexity index is 253. The van der Waals surface area contributed by atoms with E-state index in [1.807, 2.05) is 0 Å². The summed E-state index contributed by atoms with van der Waals surface area (Å²) < 4.78 is 11.1. The molecule has 108 valence electrons. The molecule has 0 spiro atoms. The van der Waals surface area contributed by atoms with Crippen LogP contribution in [0.2, 0.25) is 12.6 Å². The highest BCUT2D eigenvalue weighted by atomic mass is 28.4. The molecule has 4 heteroatoms. The summed E-state index contributed by atoms with van der Waals surface area (Å²) in [6, 6.07) is 1.03. The van der Waals surface area contributed by atoms with Crippen LogP contribution in [-0.4, -0.2) is 33.5 Å². The summed E-state index contributed by atoms with van der Waals surface area (Å²) in [5.41, 5.74) is -0.443. The summed E-state index contributed by atoms with van der Waals surface area (Å²) in [7, 11) is 1.57. The smallest absolute Gasteiger partial charge is 0.334 e. The minimum atomic E-state index is -1.94. The fourth-order valence-corrected chi connectivity index (χ4v) is 4.43. The van der Waals surface area contributed by atoms with Crippen molar-refractivity contribution in [2.24, 2.45) is 11.8 Å². The van der Waals surface area contributed by atoms with Gasteiger partial charge in [-0.15, -0.1) is 0 Å². The Labute approximate surface area is 113 Å². The van der Waals surface area contributed by atoms with Gasteiger partial charge in [0.05, 0.1) is 5.60 Å². The van der Waals surface area contributed by atoms with Crippen molar-refractivity contribution in [2.75, 3.05) is 14.2 Å². The van der Waals surface area contributed by atoms with Gasteiger partial charge < -0.3 is 14.0 Å². The molecule has 0 aromatic rings. The normalized spacial score (nSPS) is 29.8. The lowest BCUT2D eigenvalue weighted by Gasteiger charge is -2.40. The Hall–Kier alpha value is 0.0969. The molecular weight excluding hydrogens is 244 g/mol. The lowest BCUT2D eigenvalue weighted by Crippen LogP contribution is -2.41. The zero-order valence-electron chi connectivity index (χ0n) is 12.7. The molecule has 0 saturated heterocycles. The van der Waals surface area contributed by atoms with Gasteiger partial charge in [0.15, 0.2) is 0 Å². The first kappa shape index (κ1) is 16.2. The molecular formula is C14H30O3Si. The predicted molar refractivity (Wildman–Crippen MR) is 76.8 cm³/mol. The Balaban J connectivity index is 2.48. The van der Waals surface area contributed by atoms with Gasteiger partial charge in [-0.2, -0.15) is 0 Å². The predicted octanol–water partition coefficient (Wildman–Crippen LogP) is 3.32. The van der Waals surface area contributed by atoms with Crippen molar-refractivity contribution in [1.82, 2.24) is 0 Å². The third-order valence-electron chi connectivity index (χ3n) is 4.81. The Kier molecular flexibility index (Phi) is 5.84. The van der Waals surface area contributed by atoms with Crippen LogP contribution in [0.4, 0.5) is 0 Å². The number of hydrogen-bond donors (Lipinski definition) is 1. The molecule has 0 radical (unpaired) electrons. The van der Waals surface area contributed by atoms with Gasteiger partial charge in [-0.3, -0.25) is 0 Å². The van der Waals surface area contributed by atoms with Crippen LogP contribution in [0.1, 0.15) is 46.0 Å². The van der Waals surface area contributed by atoms with E-state index in [0.29, 0.717) is 11.8 Å². The van der Waals surface area contributed by atoms with Crippen LogP contribution in [0.3, 0.4) is 0 Å². The first-order chi connectivity index (χ1) is 8.35. The minimum Gasteiger partial charge on any atom is -0.398 e. The van der Waals surface area contributed by atoms with Crippen LogP contribution in [0.5, 0.6) is 0 Å². The SMILES string of the molecule is CO[Si](C)(CCC1CCCC(O)(C(C)C)C1)OC. The molecule has 0 heterocycles. The molecule has 2 unspecified atom stereocenters. The molecule has 0 amide bonds. The van der Waals surface area contributed by atoms with E-state index in [2.05, 4.69) is 20.4 Å². The van der Waals surface area contributed by atoms with Gasteiger partial charge in [0.25, 0.3) is 0 Å². The summed E-state index contributed by atoms with van der Waals surface area (Å²) in [6.07, 6.45) is 5.43. The average molecular weight is 274 g/mol. The Morgan fingerprint density at radius 1 is 1.33 bits per heavy atom. The van der Waals surface area contributed by atoms with Crippen LogP contribution in [0.15, 0.2) is 0 Å². The summed E-state index contributed by atoms with van der Waals surface area (Å²) in [5, 5.41) is 10.6. The second-order valence-corrected chi connectivity index (χ2v) is 9.89. The molecule has 1 N–H and O–H groups in total. The van der Waals surface area contributed by atoms with Crippen LogP contribution in [0, 0.1) is 11.8 Å². The first-order valence-electron chi connectivity index (χ1n) is 7.18. The molecule has 0 aromatic carbocycles. The summed E-state index contributed by atoms with van der Waals surface area (Å²) in [6.45, 7) is 6.38. The molecule has 1 aliphatic carbocycles. The van der Waals surface area contributed by atoms with E-state index in [0.717, 1.165) is 31.7 Å². The van der Waals surface area contributed by atoms with Crippen LogP contribution in [-0.2, 0) is 8.85 Å². The monoisotopic (exact) mass is 274 g/mol. The van der Waals surface area contributed by atoms with E-state index in [1.165, 1.54) is 6.42 Å². The van der Waals surface area contributed by atoms with Crippen molar-refractivity contribution in [3.05, 3.63) is 0 Å². The van der Waals surface area contributed by atoms with E-state index in [4.69, 9.17) is 8.85 Å². The maximum Gasteiger partial charge on any atom is 0.334 e. The van der Waals surface area contributed by atoms with Gasteiger partial charge in [0.2, 0.25) is 0 Å². The van der Waals surface area contributed by atoms with Gasteiger partial charge in [-0.25, -0.2) is 0 Å². The molecule has 0 aliphatic heterocycles. The van der Waals surface area contributed by atoms with Crippen molar-refractivity contribution in [3.8, 4) is 0 Å². The van der Waals surface area contributed by atoms with Crippen molar-refractivity contribution in [1.29, 1.82) is 0 Å². The summed E-state index contributed by atoms with van der Waals surface area (Å²) >= 11 is 0. The highest BCUT2D eigenvalue weighted by Gasteiger charge is 2.38. The largest absolute Gasteiger partial charge is 0.398 e. The number of aliphatic hydroxyl groups is 1. The van der Waals surface area contributed by atoms with Crippen molar-refractivity contribution in [3.63, 3.8) is 0 Å². The van der Waals surface area contributed by atoms with Crippen molar-refractivity contribution >= 4 is 8.56 Å². The van der Waals surface area contributed by atoms with Gasteiger partial charge in [-0.1, -0.05) is 26.7 Å². The number of rotatable bonds is 6. The van der Waals surface area contributed by atoms with Crippen molar-refractivity contribution < 1.29 is 14.0 Å². The maximum atomic E-state index is 10.6. The topological polar surface area (TPSA) is 38.7 Å². The molecule has 2 atom stereocenters. The second-order valence-electron chi connectivity index (χ2n) is 6.30. The highest BCUT2D eigenvalue weighted by Crippen LogP contribution is 2.39. The summed E-state index contributed by atoms with van der Waals surface area (Å²) in [4.78, 5) is 0. The quantitative estimate of drug-likeness (QED) is 0.755. The van der Waals surface area contributed by atoms with Gasteiger partial charge >= 0.3 is 8.56 Å². The van der Waals surface area contributed by atoms with E-state index < -0.39 is 14.2 Å². The Morgan fingerprint density at radius 2 is 1.94 bits per heavy atom. The van der Waals surface area contributed by atoms with Crippen LogP contribution < -0.4 is 0 Å². The minimum absolute atomic E-state index is 0.355. The molecule has 1 aliphatic rings. The fourth-order valence-electron chi connectivity index (χ4n) is 2.93. The van der Waals surface area contributed by atoms with E-state index in [9.17, 15) is 5.11 Å². The molecule has 18 heavy (non-hydrogen) atoms. The molecule has 3 nitrogen and oxygen atoms in total. The zero-order valence-corrected chi connectivity index (χ0v) is 13.7. The fraction of sp³-hybridized carbons (Fsp3) is 1.00. The van der Waals surface area contributed by atoms with Crippen LogP contribution in [0.25, 0.3) is 0 Å². The summed E-state index contributed by atoms with van der Waals surface area (Å²) in [5.74, 6) is 0.983. The lowest BCUT2D eigenvalue weighted by molar-refractivity contribution is -0.0546. The molecule has 0 bridgehead atoms. The van der Waals surface area contributed by atoms with Gasteiger partial charge in [0.1, 0.15) is 0 Å². The van der Waals surface area contributed by atoms with Crippen LogP contribution >= 0.6 is 0 Å². The molecule has 1 saturated carbocycles. The van der Waals surface area contributed by atoms with Gasteiger partial charge in [0, 0.05) is 14.2 Å². The third-order valence-corrected chi connectivity index (χ3v) is 7.73. The van der Waals surface area contributed by atoms with Gasteiger partial charge in [-0.05, 0) is 43.7 Å².